The molecule has 0 heterocycles. The van der Waals surface area contributed by atoms with Gasteiger partial charge in [0, 0.05) is 24.9 Å². The van der Waals surface area contributed by atoms with Gasteiger partial charge in [-0.2, -0.15) is 0 Å². The zero-order chi connectivity index (χ0) is 14.5. The van der Waals surface area contributed by atoms with Gasteiger partial charge in [0.15, 0.2) is 0 Å². The number of nitrogens with one attached hydrogen (secondary N) is 1. The van der Waals surface area contributed by atoms with Crippen molar-refractivity contribution >= 4 is 17.8 Å². The summed E-state index contributed by atoms with van der Waals surface area (Å²) in [5, 5.41) is 11.6. The molecule has 0 aromatic carbocycles. The van der Waals surface area contributed by atoms with Crippen LogP contribution in [0.25, 0.3) is 0 Å². The molecule has 2 saturated carbocycles. The minimum atomic E-state index is -0.986. The molecule has 2 N–H and O–H groups in total. The molecule has 0 bridgehead atoms. The number of aliphatic carboxylic acids is 1. The predicted molar refractivity (Wildman–Crippen MR) is 72.0 cm³/mol. The molecule has 2 aliphatic carbocycles. The Balaban J connectivity index is 1.70. The highest BCUT2D eigenvalue weighted by Crippen LogP contribution is 2.27. The summed E-state index contributed by atoms with van der Waals surface area (Å²) in [5.74, 6) is -1.03. The van der Waals surface area contributed by atoms with Crippen LogP contribution in [0.5, 0.6) is 0 Å². The number of rotatable bonds is 7. The normalized spacial score (nSPS) is 18.8. The Bertz CT molecular complexity index is 387. The molecule has 0 aliphatic heterocycles. The SMILES string of the molecule is O=C(O)CN(C(=O)CCNC(=O)C1CCCC1)C1CC1. The molecule has 2 fully saturated rings. The first kappa shape index (κ1) is 14.8. The van der Waals surface area contributed by atoms with Gasteiger partial charge in [-0.15, -0.1) is 0 Å². The molecular formula is C14H22N2O4. The average molecular weight is 282 g/mol. The van der Waals surface area contributed by atoms with Crippen LogP contribution in [0, 0.1) is 5.92 Å². The van der Waals surface area contributed by atoms with Crippen molar-refractivity contribution in [3.05, 3.63) is 0 Å². The maximum atomic E-state index is 12.0. The highest BCUT2D eigenvalue weighted by atomic mass is 16.4. The molecule has 6 nitrogen and oxygen atoms in total. The lowest BCUT2D eigenvalue weighted by Gasteiger charge is -2.20. The maximum Gasteiger partial charge on any atom is 0.323 e. The Hall–Kier alpha value is -1.59. The third-order valence-corrected chi connectivity index (χ3v) is 3.98. The Morgan fingerprint density at radius 3 is 2.30 bits per heavy atom. The Kier molecular flexibility index (Phi) is 4.98. The summed E-state index contributed by atoms with van der Waals surface area (Å²) in [5.41, 5.74) is 0. The molecule has 0 atom stereocenters. The first-order chi connectivity index (χ1) is 9.58. The maximum absolute atomic E-state index is 12.0. The fraction of sp³-hybridized carbons (Fsp3) is 0.786. The third-order valence-electron chi connectivity index (χ3n) is 3.98. The van der Waals surface area contributed by atoms with E-state index in [1.807, 2.05) is 0 Å². The molecule has 0 aromatic heterocycles. The van der Waals surface area contributed by atoms with Gasteiger partial charge in [-0.25, -0.2) is 0 Å². The van der Waals surface area contributed by atoms with Gasteiger partial charge in [-0.05, 0) is 25.7 Å². The van der Waals surface area contributed by atoms with E-state index in [1.165, 1.54) is 4.90 Å². The summed E-state index contributed by atoms with van der Waals surface area (Å²) >= 11 is 0. The van der Waals surface area contributed by atoms with Crippen LogP contribution < -0.4 is 5.32 Å². The van der Waals surface area contributed by atoms with Crippen molar-refractivity contribution in [1.82, 2.24) is 10.2 Å². The summed E-state index contributed by atoms with van der Waals surface area (Å²) in [7, 11) is 0. The van der Waals surface area contributed by atoms with Crippen LogP contribution in [0.4, 0.5) is 0 Å². The quantitative estimate of drug-likeness (QED) is 0.721. The van der Waals surface area contributed by atoms with Gasteiger partial charge < -0.3 is 15.3 Å². The fourth-order valence-corrected chi connectivity index (χ4v) is 2.72. The number of carbonyl (C=O) groups excluding carboxylic acids is 2. The van der Waals surface area contributed by atoms with E-state index in [2.05, 4.69) is 5.32 Å². The van der Waals surface area contributed by atoms with Crippen LogP contribution >= 0.6 is 0 Å². The molecule has 0 unspecified atom stereocenters. The van der Waals surface area contributed by atoms with Gasteiger partial charge in [0.05, 0.1) is 0 Å². The fourth-order valence-electron chi connectivity index (χ4n) is 2.72. The van der Waals surface area contributed by atoms with E-state index in [-0.39, 0.29) is 36.7 Å². The van der Waals surface area contributed by atoms with E-state index in [0.717, 1.165) is 38.5 Å². The molecular weight excluding hydrogens is 260 g/mol. The van der Waals surface area contributed by atoms with E-state index in [4.69, 9.17) is 5.11 Å². The smallest absolute Gasteiger partial charge is 0.323 e. The molecule has 2 aliphatic rings. The second kappa shape index (κ2) is 6.72. The predicted octanol–water partition coefficient (Wildman–Crippen LogP) is 0.758. The van der Waals surface area contributed by atoms with Crippen molar-refractivity contribution in [2.75, 3.05) is 13.1 Å². The van der Waals surface area contributed by atoms with Crippen LogP contribution in [-0.4, -0.2) is 46.9 Å². The van der Waals surface area contributed by atoms with Crippen molar-refractivity contribution in [1.29, 1.82) is 0 Å². The number of carboxylic acid groups (broad SMARTS) is 1. The van der Waals surface area contributed by atoms with E-state index in [0.29, 0.717) is 6.54 Å². The van der Waals surface area contributed by atoms with Gasteiger partial charge >= 0.3 is 5.97 Å². The lowest BCUT2D eigenvalue weighted by molar-refractivity contribution is -0.145. The minimum absolute atomic E-state index is 0.0338. The minimum Gasteiger partial charge on any atom is -0.480 e. The second-order valence-corrected chi connectivity index (χ2v) is 5.67. The molecule has 0 saturated heterocycles. The third kappa shape index (κ3) is 4.21. The molecule has 2 amide bonds. The lowest BCUT2D eigenvalue weighted by atomic mass is 10.1. The summed E-state index contributed by atoms with van der Waals surface area (Å²) in [6.45, 7) is 0.0665. The molecule has 112 valence electrons. The Morgan fingerprint density at radius 1 is 1.10 bits per heavy atom. The molecule has 0 spiro atoms. The van der Waals surface area contributed by atoms with Crippen LogP contribution in [0.15, 0.2) is 0 Å². The molecule has 20 heavy (non-hydrogen) atoms. The second-order valence-electron chi connectivity index (χ2n) is 5.67. The summed E-state index contributed by atoms with van der Waals surface area (Å²) in [4.78, 5) is 35.9. The van der Waals surface area contributed by atoms with Crippen molar-refractivity contribution < 1.29 is 19.5 Å². The standard InChI is InChI=1S/C14H22N2O4/c17-12(16(9-13(18)19)11-5-6-11)7-8-15-14(20)10-3-1-2-4-10/h10-11H,1-9H2,(H,15,20)(H,18,19). The number of nitrogens with zero attached hydrogens (tertiary/aromatic N) is 1. The van der Waals surface area contributed by atoms with E-state index >= 15 is 0 Å². The van der Waals surface area contributed by atoms with Crippen LogP contribution in [0.1, 0.15) is 44.9 Å². The van der Waals surface area contributed by atoms with Crippen LogP contribution in [-0.2, 0) is 14.4 Å². The summed E-state index contributed by atoms with van der Waals surface area (Å²) in [6.07, 6.45) is 6.03. The lowest BCUT2D eigenvalue weighted by Crippen LogP contribution is -2.39. The number of hydrogen-bond acceptors (Lipinski definition) is 3. The molecule has 0 radical (unpaired) electrons. The van der Waals surface area contributed by atoms with Gasteiger partial charge in [0.25, 0.3) is 0 Å². The van der Waals surface area contributed by atoms with Gasteiger partial charge in [0.1, 0.15) is 6.54 Å². The highest BCUT2D eigenvalue weighted by molar-refractivity contribution is 5.83. The van der Waals surface area contributed by atoms with Gasteiger partial charge in [-0.1, -0.05) is 12.8 Å². The van der Waals surface area contributed by atoms with Crippen molar-refractivity contribution in [3.8, 4) is 0 Å². The largest absolute Gasteiger partial charge is 0.480 e. The van der Waals surface area contributed by atoms with Gasteiger partial charge in [0.2, 0.25) is 11.8 Å². The Labute approximate surface area is 118 Å². The monoisotopic (exact) mass is 282 g/mol. The van der Waals surface area contributed by atoms with Crippen molar-refractivity contribution in [3.63, 3.8) is 0 Å². The zero-order valence-corrected chi connectivity index (χ0v) is 11.6. The van der Waals surface area contributed by atoms with Crippen molar-refractivity contribution in [2.24, 2.45) is 5.92 Å². The van der Waals surface area contributed by atoms with Crippen LogP contribution in [0.2, 0.25) is 0 Å². The number of amides is 2. The van der Waals surface area contributed by atoms with E-state index in [1.54, 1.807) is 0 Å². The molecule has 2 rings (SSSR count). The highest BCUT2D eigenvalue weighted by Gasteiger charge is 2.33. The molecule has 0 aromatic rings. The first-order valence-corrected chi connectivity index (χ1v) is 7.37. The average Bonchev–Trinajstić information content (AvgIpc) is 3.08. The zero-order valence-electron chi connectivity index (χ0n) is 11.6. The topological polar surface area (TPSA) is 86.7 Å². The summed E-state index contributed by atoms with van der Waals surface area (Å²) < 4.78 is 0. The van der Waals surface area contributed by atoms with E-state index < -0.39 is 5.97 Å². The number of carbonyl (C=O) groups is 3. The van der Waals surface area contributed by atoms with Crippen molar-refractivity contribution in [2.45, 2.75) is 51.0 Å². The first-order valence-electron chi connectivity index (χ1n) is 7.37. The summed E-state index contributed by atoms with van der Waals surface area (Å²) in [6, 6.07) is 0.0872. The molecule has 6 heteroatoms. The van der Waals surface area contributed by atoms with Crippen LogP contribution in [0.3, 0.4) is 0 Å². The number of carboxylic acids is 1. The Morgan fingerprint density at radius 2 is 1.75 bits per heavy atom. The van der Waals surface area contributed by atoms with Gasteiger partial charge in [-0.3, -0.25) is 14.4 Å². The van der Waals surface area contributed by atoms with E-state index in [9.17, 15) is 14.4 Å². The number of hydrogen-bond donors (Lipinski definition) is 2.